The number of fused-ring (bicyclic) bond motifs is 6. The van der Waals surface area contributed by atoms with Crippen LogP contribution < -0.4 is 10.2 Å². The van der Waals surface area contributed by atoms with Crippen molar-refractivity contribution in [1.82, 2.24) is 9.88 Å². The molecule has 1 aliphatic heterocycles. The van der Waals surface area contributed by atoms with Crippen molar-refractivity contribution in [2.24, 2.45) is 0 Å². The van der Waals surface area contributed by atoms with Gasteiger partial charge in [-0.3, -0.25) is 4.90 Å². The largest absolute Gasteiger partial charge is 0.309 e. The van der Waals surface area contributed by atoms with Crippen LogP contribution in [0.1, 0.15) is 29.0 Å². The molecule has 0 spiro atoms. The summed E-state index contributed by atoms with van der Waals surface area (Å²) in [5.41, 5.74) is 10.3. The number of hydrogen-bond donors (Lipinski definition) is 2. The SMILES string of the molecule is N#Cc1cccc(C2NC(c3ccccc3)[NH+]2c2ccc(-n3c4ccccc4c4cc(-c5cccc6c5sc5ccccc56)ccc43)cc2)c1. The van der Waals surface area contributed by atoms with E-state index in [2.05, 4.69) is 162 Å². The number of nitrogens with zero attached hydrogens (tertiary/aromatic N) is 2. The first-order chi connectivity index (χ1) is 24.7. The van der Waals surface area contributed by atoms with Crippen LogP contribution in [0.3, 0.4) is 0 Å². The number of quaternary nitrogens is 1. The van der Waals surface area contributed by atoms with E-state index in [0.29, 0.717) is 5.56 Å². The van der Waals surface area contributed by atoms with Crippen molar-refractivity contribution in [3.05, 3.63) is 180 Å². The van der Waals surface area contributed by atoms with E-state index < -0.39 is 0 Å². The van der Waals surface area contributed by atoms with Crippen LogP contribution in [0, 0.1) is 11.3 Å². The highest BCUT2D eigenvalue weighted by Crippen LogP contribution is 2.42. The molecule has 5 heteroatoms. The molecule has 1 saturated heterocycles. The molecular formula is C45H31N4S+. The average Bonchev–Trinajstić information content (AvgIpc) is 3.71. The Balaban J connectivity index is 1.07. The lowest BCUT2D eigenvalue weighted by Gasteiger charge is -2.45. The molecule has 10 rings (SSSR count). The fourth-order valence-electron chi connectivity index (χ4n) is 7.93. The van der Waals surface area contributed by atoms with E-state index in [1.165, 1.54) is 69.3 Å². The Morgan fingerprint density at radius 3 is 2.14 bits per heavy atom. The van der Waals surface area contributed by atoms with Crippen LogP contribution in [-0.2, 0) is 0 Å². The van der Waals surface area contributed by atoms with Gasteiger partial charge in [-0.2, -0.15) is 5.26 Å². The molecular weight excluding hydrogens is 629 g/mol. The van der Waals surface area contributed by atoms with Crippen molar-refractivity contribution in [3.63, 3.8) is 0 Å². The summed E-state index contributed by atoms with van der Waals surface area (Å²) in [6.45, 7) is 0. The Morgan fingerprint density at radius 1 is 0.580 bits per heavy atom. The molecule has 0 aliphatic carbocycles. The molecule has 3 heterocycles. The molecule has 3 atom stereocenters. The Hall–Kier alpha value is -6.03. The zero-order valence-electron chi connectivity index (χ0n) is 27.0. The summed E-state index contributed by atoms with van der Waals surface area (Å²) in [5.74, 6) is 0. The number of thiophene rings is 1. The van der Waals surface area contributed by atoms with Crippen LogP contribution in [0.15, 0.2) is 164 Å². The number of hydrogen-bond acceptors (Lipinski definition) is 3. The van der Waals surface area contributed by atoms with Gasteiger partial charge in [0.05, 0.1) is 22.7 Å². The van der Waals surface area contributed by atoms with Crippen LogP contribution >= 0.6 is 11.3 Å². The second kappa shape index (κ2) is 11.5. The van der Waals surface area contributed by atoms with Crippen LogP contribution in [0.2, 0.25) is 0 Å². The first kappa shape index (κ1) is 28.9. The van der Waals surface area contributed by atoms with E-state index in [-0.39, 0.29) is 12.3 Å². The average molecular weight is 660 g/mol. The molecule has 1 fully saturated rings. The number of rotatable bonds is 5. The molecule has 9 aromatic rings. The predicted molar refractivity (Wildman–Crippen MR) is 206 cm³/mol. The van der Waals surface area contributed by atoms with E-state index >= 15 is 0 Å². The van der Waals surface area contributed by atoms with E-state index in [9.17, 15) is 5.26 Å². The molecule has 2 N–H and O–H groups in total. The lowest BCUT2D eigenvalue weighted by molar-refractivity contribution is -0.962. The van der Waals surface area contributed by atoms with Crippen molar-refractivity contribution in [1.29, 1.82) is 5.26 Å². The maximum absolute atomic E-state index is 9.58. The molecule has 2 aromatic heterocycles. The third-order valence-corrected chi connectivity index (χ3v) is 11.5. The number of para-hydroxylation sites is 1. The fraction of sp³-hybridized carbons (Fsp3) is 0.0444. The van der Waals surface area contributed by atoms with Crippen LogP contribution in [0.4, 0.5) is 5.69 Å². The van der Waals surface area contributed by atoms with Crippen LogP contribution in [-0.4, -0.2) is 4.57 Å². The highest BCUT2D eigenvalue weighted by atomic mass is 32.1. The highest BCUT2D eigenvalue weighted by Gasteiger charge is 2.45. The van der Waals surface area contributed by atoms with Crippen molar-refractivity contribution in [2.75, 3.05) is 0 Å². The molecule has 1 aliphatic rings. The number of benzene rings is 7. The first-order valence-electron chi connectivity index (χ1n) is 17.0. The molecule has 236 valence electrons. The summed E-state index contributed by atoms with van der Waals surface area (Å²) < 4.78 is 5.05. The van der Waals surface area contributed by atoms with Gasteiger partial charge < -0.3 is 4.57 Å². The summed E-state index contributed by atoms with van der Waals surface area (Å²) in [4.78, 5) is 1.32. The third-order valence-electron chi connectivity index (χ3n) is 10.3. The zero-order chi connectivity index (χ0) is 33.2. The van der Waals surface area contributed by atoms with Crippen molar-refractivity contribution < 1.29 is 4.90 Å². The van der Waals surface area contributed by atoms with Gasteiger partial charge >= 0.3 is 0 Å². The van der Waals surface area contributed by atoms with Crippen LogP contribution in [0.25, 0.3) is 58.8 Å². The normalized spacial score (nSPS) is 17.3. The zero-order valence-corrected chi connectivity index (χ0v) is 27.9. The lowest BCUT2D eigenvalue weighted by Crippen LogP contribution is -3.19. The molecule has 0 bridgehead atoms. The lowest BCUT2D eigenvalue weighted by atomic mass is 9.98. The molecule has 4 nitrogen and oxygen atoms in total. The molecule has 7 aromatic carbocycles. The topological polar surface area (TPSA) is 45.2 Å². The Labute approximate surface area is 293 Å². The van der Waals surface area contributed by atoms with Gasteiger partial charge in [0.25, 0.3) is 0 Å². The summed E-state index contributed by atoms with van der Waals surface area (Å²) >= 11 is 1.88. The van der Waals surface area contributed by atoms with E-state index in [1.54, 1.807) is 0 Å². The van der Waals surface area contributed by atoms with Crippen LogP contribution in [0.5, 0.6) is 0 Å². The van der Waals surface area contributed by atoms with Gasteiger partial charge in [-0.15, -0.1) is 11.3 Å². The summed E-state index contributed by atoms with van der Waals surface area (Å²) in [6.07, 6.45) is 0.145. The molecule has 0 radical (unpaired) electrons. The number of aromatic nitrogens is 1. The second-order valence-corrected chi connectivity index (χ2v) is 14.1. The minimum absolute atomic E-state index is 0.0383. The standard InChI is InChI=1S/C45H30N4S/c46-28-29-10-8-13-32(26-29)45-47-44(30-11-2-1-3-12-30)49(45)34-23-21-33(22-24-34)48-40-18-6-4-14-36(40)39-27-31(20-25-41(39)48)35-16-9-17-38-37-15-5-7-19-42(37)50-43(35)38/h1-27,44-45,47H/p+1. The van der Waals surface area contributed by atoms with E-state index in [0.717, 1.165) is 11.3 Å². The van der Waals surface area contributed by atoms with Gasteiger partial charge in [-0.05, 0) is 59.7 Å². The van der Waals surface area contributed by atoms with Gasteiger partial charge in [-0.1, -0.05) is 103 Å². The van der Waals surface area contributed by atoms with Gasteiger partial charge in [0, 0.05) is 59.9 Å². The minimum atomic E-state index is 0.0383. The summed E-state index contributed by atoms with van der Waals surface area (Å²) in [6, 6.07) is 61.0. The molecule has 3 unspecified atom stereocenters. The Morgan fingerprint density at radius 2 is 1.28 bits per heavy atom. The minimum Gasteiger partial charge on any atom is -0.309 e. The number of nitrogens with one attached hydrogen (secondary N) is 2. The van der Waals surface area contributed by atoms with Gasteiger partial charge in [0.2, 0.25) is 0 Å². The van der Waals surface area contributed by atoms with Gasteiger partial charge in [-0.25, -0.2) is 5.32 Å². The second-order valence-electron chi connectivity index (χ2n) is 13.0. The first-order valence-corrected chi connectivity index (χ1v) is 17.8. The number of nitriles is 1. The molecule has 0 amide bonds. The maximum Gasteiger partial charge on any atom is 0.178 e. The fourth-order valence-corrected chi connectivity index (χ4v) is 9.17. The van der Waals surface area contributed by atoms with E-state index in [1.807, 2.05) is 29.5 Å². The molecule has 0 saturated carbocycles. The maximum atomic E-state index is 9.58. The van der Waals surface area contributed by atoms with Gasteiger partial charge in [0.1, 0.15) is 5.69 Å². The smallest absolute Gasteiger partial charge is 0.178 e. The van der Waals surface area contributed by atoms with Crippen molar-refractivity contribution in [3.8, 4) is 22.9 Å². The highest BCUT2D eigenvalue weighted by molar-refractivity contribution is 7.26. The Kier molecular flexibility index (Phi) is 6.68. The summed E-state index contributed by atoms with van der Waals surface area (Å²) in [7, 11) is 0. The third kappa shape index (κ3) is 4.51. The molecule has 50 heavy (non-hydrogen) atoms. The van der Waals surface area contributed by atoms with Crippen molar-refractivity contribution in [2.45, 2.75) is 12.3 Å². The predicted octanol–water partition coefficient (Wildman–Crippen LogP) is 10.2. The Bertz CT molecular complexity index is 2770. The monoisotopic (exact) mass is 659 g/mol. The van der Waals surface area contributed by atoms with Gasteiger partial charge in [0.15, 0.2) is 12.3 Å². The summed E-state index contributed by atoms with van der Waals surface area (Å²) in [5, 5.41) is 18.5. The quantitative estimate of drug-likeness (QED) is 0.193. The van der Waals surface area contributed by atoms with Crippen molar-refractivity contribution >= 4 is 59.0 Å². The van der Waals surface area contributed by atoms with E-state index in [4.69, 9.17) is 0 Å².